The Bertz CT molecular complexity index is 913. The maximum absolute atomic E-state index is 7.08. The SMILES string of the molecule is C=CC[C@H](C=C(C#C[Si](C)(C)C)C#C[Si](C)(C)C)[C@H](Cc1ccccc1)O[Si](C)(C)C(C)(C)C. The molecule has 0 bridgehead atoms. The highest BCUT2D eigenvalue weighted by Crippen LogP contribution is 2.39. The van der Waals surface area contributed by atoms with Gasteiger partial charge in [0.05, 0.1) is 11.7 Å². The summed E-state index contributed by atoms with van der Waals surface area (Å²) in [7, 11) is -5.02. The third kappa shape index (κ3) is 11.7. The first kappa shape index (κ1) is 30.5. The van der Waals surface area contributed by atoms with Gasteiger partial charge < -0.3 is 4.43 Å². The van der Waals surface area contributed by atoms with Crippen molar-refractivity contribution in [3.8, 4) is 22.9 Å². The van der Waals surface area contributed by atoms with E-state index in [1.165, 1.54) is 5.56 Å². The van der Waals surface area contributed by atoms with Crippen LogP contribution in [0.15, 0.2) is 54.6 Å². The Morgan fingerprint density at radius 3 is 1.82 bits per heavy atom. The summed E-state index contributed by atoms with van der Waals surface area (Å²) in [6, 6.07) is 10.7. The molecule has 4 heteroatoms. The molecule has 0 aromatic heterocycles. The lowest BCUT2D eigenvalue weighted by molar-refractivity contribution is 0.139. The van der Waals surface area contributed by atoms with Crippen molar-refractivity contribution in [2.75, 3.05) is 0 Å². The van der Waals surface area contributed by atoms with Gasteiger partial charge in [-0.1, -0.05) is 114 Å². The molecular formula is C30H48OSi3. The fourth-order valence-corrected chi connectivity index (χ4v) is 5.43. The first-order chi connectivity index (χ1) is 15.4. The summed E-state index contributed by atoms with van der Waals surface area (Å²) in [5, 5.41) is 0.141. The zero-order valence-corrected chi connectivity index (χ0v) is 26.7. The first-order valence-corrected chi connectivity index (χ1v) is 22.5. The maximum atomic E-state index is 7.08. The summed E-state index contributed by atoms with van der Waals surface area (Å²) in [6.07, 6.45) is 6.09. The van der Waals surface area contributed by atoms with E-state index in [2.05, 4.69) is 139 Å². The lowest BCUT2D eigenvalue weighted by Gasteiger charge is -2.41. The van der Waals surface area contributed by atoms with E-state index in [9.17, 15) is 0 Å². The van der Waals surface area contributed by atoms with E-state index >= 15 is 0 Å². The molecule has 0 unspecified atom stereocenters. The van der Waals surface area contributed by atoms with Gasteiger partial charge in [-0.3, -0.25) is 0 Å². The molecule has 0 heterocycles. The van der Waals surface area contributed by atoms with Crippen LogP contribution in [-0.4, -0.2) is 30.6 Å². The average molecular weight is 509 g/mol. The number of hydrogen-bond donors (Lipinski definition) is 0. The standard InChI is InChI=1S/C30H48OSi3/c1-13-17-28(24-27(20-22-32(5,6)7)21-23-33(8,9)10)29(25-26-18-15-14-16-19-26)31-34(11,12)30(2,3)4/h13-16,18-19,24,28-29H,1,17,25H2,2-12H3/t28-,29+/m1/s1. The van der Waals surface area contributed by atoms with E-state index < -0.39 is 24.5 Å². The van der Waals surface area contributed by atoms with Crippen LogP contribution in [0, 0.1) is 28.8 Å². The molecule has 0 fully saturated rings. The topological polar surface area (TPSA) is 9.23 Å². The minimum absolute atomic E-state index is 0.0543. The van der Waals surface area contributed by atoms with Gasteiger partial charge in [0.2, 0.25) is 0 Å². The summed E-state index contributed by atoms with van der Waals surface area (Å²) in [5.41, 5.74) is 9.34. The Morgan fingerprint density at radius 1 is 0.912 bits per heavy atom. The van der Waals surface area contributed by atoms with Gasteiger partial charge in [0.1, 0.15) is 16.1 Å². The largest absolute Gasteiger partial charge is 0.413 e. The molecule has 0 amide bonds. The predicted molar refractivity (Wildman–Crippen MR) is 161 cm³/mol. The van der Waals surface area contributed by atoms with E-state index in [0.29, 0.717) is 0 Å². The van der Waals surface area contributed by atoms with Crippen LogP contribution in [0.1, 0.15) is 32.8 Å². The van der Waals surface area contributed by atoms with Crippen LogP contribution in [0.25, 0.3) is 0 Å². The van der Waals surface area contributed by atoms with Gasteiger partial charge in [-0.05, 0) is 36.5 Å². The summed E-state index contributed by atoms with van der Waals surface area (Å²) in [6.45, 7) is 29.4. The van der Waals surface area contributed by atoms with Crippen LogP contribution in [0.3, 0.4) is 0 Å². The lowest BCUT2D eigenvalue weighted by Crippen LogP contribution is -2.46. The number of benzene rings is 1. The molecule has 0 aliphatic carbocycles. The van der Waals surface area contributed by atoms with Crippen LogP contribution in [0.4, 0.5) is 0 Å². The van der Waals surface area contributed by atoms with Crippen LogP contribution in [0.5, 0.6) is 0 Å². The molecule has 0 N–H and O–H groups in total. The van der Waals surface area contributed by atoms with Crippen molar-refractivity contribution >= 4 is 24.5 Å². The fourth-order valence-electron chi connectivity index (χ4n) is 3.04. The molecule has 1 rings (SSSR count). The molecule has 186 valence electrons. The van der Waals surface area contributed by atoms with Gasteiger partial charge in [-0.25, -0.2) is 0 Å². The van der Waals surface area contributed by atoms with Gasteiger partial charge in [0.15, 0.2) is 8.32 Å². The molecule has 0 aliphatic heterocycles. The van der Waals surface area contributed by atoms with Crippen molar-refractivity contribution in [3.05, 3.63) is 60.2 Å². The molecule has 1 aromatic rings. The molecule has 34 heavy (non-hydrogen) atoms. The minimum atomic E-state index is -1.98. The number of rotatable bonds is 8. The average Bonchev–Trinajstić information content (AvgIpc) is 2.67. The number of allylic oxidation sites excluding steroid dienone is 2. The molecule has 1 aromatic carbocycles. The normalized spacial score (nSPS) is 14.1. The van der Waals surface area contributed by atoms with Crippen LogP contribution < -0.4 is 0 Å². The highest BCUT2D eigenvalue weighted by molar-refractivity contribution is 6.84. The lowest BCUT2D eigenvalue weighted by atomic mass is 9.91. The van der Waals surface area contributed by atoms with E-state index in [-0.39, 0.29) is 17.1 Å². The van der Waals surface area contributed by atoms with Crippen molar-refractivity contribution in [1.29, 1.82) is 0 Å². The summed E-state index contributed by atoms with van der Waals surface area (Å²) >= 11 is 0. The molecule has 2 atom stereocenters. The van der Waals surface area contributed by atoms with Crippen LogP contribution in [-0.2, 0) is 10.8 Å². The highest BCUT2D eigenvalue weighted by atomic mass is 28.4. The maximum Gasteiger partial charge on any atom is 0.192 e. The Morgan fingerprint density at radius 2 is 1.41 bits per heavy atom. The molecule has 0 aliphatic rings. The second-order valence-corrected chi connectivity index (χ2v) is 27.1. The van der Waals surface area contributed by atoms with Crippen molar-refractivity contribution in [3.63, 3.8) is 0 Å². The van der Waals surface area contributed by atoms with Crippen molar-refractivity contribution in [2.24, 2.45) is 5.92 Å². The van der Waals surface area contributed by atoms with Crippen LogP contribution >= 0.6 is 0 Å². The molecule has 0 saturated carbocycles. The third-order valence-corrected chi connectivity index (χ3v) is 12.2. The monoisotopic (exact) mass is 508 g/mol. The fraction of sp³-hybridized carbons (Fsp3) is 0.533. The summed E-state index contributed by atoms with van der Waals surface area (Å²) < 4.78 is 7.08. The first-order valence-electron chi connectivity index (χ1n) is 12.5. The van der Waals surface area contributed by atoms with Gasteiger partial charge in [-0.2, -0.15) is 0 Å². The predicted octanol–water partition coefficient (Wildman–Crippen LogP) is 8.50. The summed E-state index contributed by atoms with van der Waals surface area (Å²) in [4.78, 5) is 0. The Balaban J connectivity index is 3.59. The van der Waals surface area contributed by atoms with Gasteiger partial charge in [0.25, 0.3) is 0 Å². The summed E-state index contributed by atoms with van der Waals surface area (Å²) in [5.74, 6) is 7.13. The van der Waals surface area contributed by atoms with Crippen molar-refractivity contribution in [2.45, 2.75) is 97.1 Å². The Labute approximate surface area is 214 Å². The van der Waals surface area contributed by atoms with Gasteiger partial charge in [0, 0.05) is 5.92 Å². The van der Waals surface area contributed by atoms with E-state index in [1.54, 1.807) is 0 Å². The zero-order valence-electron chi connectivity index (χ0n) is 23.7. The zero-order chi connectivity index (χ0) is 26.2. The van der Waals surface area contributed by atoms with Crippen LogP contribution in [0.2, 0.25) is 57.4 Å². The Kier molecular flexibility index (Phi) is 11.1. The van der Waals surface area contributed by atoms with Crippen molar-refractivity contribution in [1.82, 2.24) is 0 Å². The Hall–Kier alpha value is -1.57. The quantitative estimate of drug-likeness (QED) is 0.194. The van der Waals surface area contributed by atoms with Crippen molar-refractivity contribution < 1.29 is 4.43 Å². The van der Waals surface area contributed by atoms with E-state index in [1.807, 2.05) is 6.08 Å². The third-order valence-electron chi connectivity index (χ3n) is 5.97. The molecule has 0 spiro atoms. The molecule has 0 saturated heterocycles. The van der Waals surface area contributed by atoms with E-state index in [4.69, 9.17) is 4.43 Å². The second kappa shape index (κ2) is 12.4. The molecular weight excluding hydrogens is 461 g/mol. The number of hydrogen-bond acceptors (Lipinski definition) is 1. The van der Waals surface area contributed by atoms with E-state index in [0.717, 1.165) is 18.4 Å². The molecule has 1 nitrogen and oxygen atoms in total. The smallest absolute Gasteiger partial charge is 0.192 e. The minimum Gasteiger partial charge on any atom is -0.413 e. The van der Waals surface area contributed by atoms with Gasteiger partial charge >= 0.3 is 0 Å². The van der Waals surface area contributed by atoms with Gasteiger partial charge in [-0.15, -0.1) is 17.7 Å². The highest BCUT2D eigenvalue weighted by Gasteiger charge is 2.40. The molecule has 0 radical (unpaired) electrons. The second-order valence-electron chi connectivity index (χ2n) is 12.9.